The standard InChI is InChI=1S/C14H17ClN4O/c1-3-10-8-13(19(4-2)18-10)14(20)17-12-7-9(15)5-6-11(12)16/h5-8H,3-4,16H2,1-2H3,(H,17,20). The van der Waals surface area contributed by atoms with Gasteiger partial charge in [-0.2, -0.15) is 5.10 Å². The van der Waals surface area contributed by atoms with E-state index in [4.69, 9.17) is 17.3 Å². The van der Waals surface area contributed by atoms with E-state index in [0.717, 1.165) is 12.1 Å². The van der Waals surface area contributed by atoms with Gasteiger partial charge in [0.2, 0.25) is 0 Å². The molecule has 1 aromatic carbocycles. The fraction of sp³-hybridized carbons (Fsp3) is 0.286. The molecule has 6 heteroatoms. The summed E-state index contributed by atoms with van der Waals surface area (Å²) in [5.41, 5.74) is 8.20. The molecule has 5 nitrogen and oxygen atoms in total. The van der Waals surface area contributed by atoms with E-state index in [1.54, 1.807) is 28.9 Å². The molecule has 20 heavy (non-hydrogen) atoms. The molecule has 3 N–H and O–H groups in total. The number of aryl methyl sites for hydroxylation is 2. The molecule has 1 heterocycles. The van der Waals surface area contributed by atoms with Gasteiger partial charge in [-0.25, -0.2) is 0 Å². The van der Waals surface area contributed by atoms with Gasteiger partial charge in [-0.15, -0.1) is 0 Å². The summed E-state index contributed by atoms with van der Waals surface area (Å²) >= 11 is 5.91. The van der Waals surface area contributed by atoms with E-state index < -0.39 is 0 Å². The Labute approximate surface area is 122 Å². The van der Waals surface area contributed by atoms with Gasteiger partial charge in [-0.05, 0) is 37.6 Å². The first-order chi connectivity index (χ1) is 9.55. The molecule has 0 spiro atoms. The molecule has 0 unspecified atom stereocenters. The number of anilines is 2. The van der Waals surface area contributed by atoms with Gasteiger partial charge in [-0.1, -0.05) is 18.5 Å². The lowest BCUT2D eigenvalue weighted by atomic mass is 10.2. The zero-order valence-electron chi connectivity index (χ0n) is 11.5. The Balaban J connectivity index is 2.28. The highest BCUT2D eigenvalue weighted by molar-refractivity contribution is 6.31. The molecule has 0 aliphatic rings. The zero-order valence-corrected chi connectivity index (χ0v) is 12.2. The second kappa shape index (κ2) is 5.96. The number of nitrogens with one attached hydrogen (secondary N) is 1. The third-order valence-corrected chi connectivity index (χ3v) is 3.22. The van der Waals surface area contributed by atoms with Crippen LogP contribution in [0.4, 0.5) is 11.4 Å². The molecule has 0 aliphatic carbocycles. The lowest BCUT2D eigenvalue weighted by Gasteiger charge is -2.09. The van der Waals surface area contributed by atoms with E-state index in [-0.39, 0.29) is 5.91 Å². The van der Waals surface area contributed by atoms with E-state index in [2.05, 4.69) is 10.4 Å². The molecule has 2 rings (SSSR count). The quantitative estimate of drug-likeness (QED) is 0.851. The molecular formula is C14H17ClN4O. The summed E-state index contributed by atoms with van der Waals surface area (Å²) in [4.78, 5) is 12.3. The highest BCUT2D eigenvalue weighted by Gasteiger charge is 2.15. The van der Waals surface area contributed by atoms with Crippen molar-refractivity contribution in [1.29, 1.82) is 0 Å². The SMILES string of the molecule is CCc1cc(C(=O)Nc2cc(Cl)ccc2N)n(CC)n1. The number of nitrogens with zero attached hydrogens (tertiary/aromatic N) is 2. The summed E-state index contributed by atoms with van der Waals surface area (Å²) < 4.78 is 1.68. The van der Waals surface area contributed by atoms with Gasteiger partial charge in [-0.3, -0.25) is 9.48 Å². The summed E-state index contributed by atoms with van der Waals surface area (Å²) in [6.45, 7) is 4.57. The number of aromatic nitrogens is 2. The normalized spacial score (nSPS) is 10.6. The maximum Gasteiger partial charge on any atom is 0.273 e. The minimum Gasteiger partial charge on any atom is -0.397 e. The number of halogens is 1. The van der Waals surface area contributed by atoms with Crippen molar-refractivity contribution in [2.45, 2.75) is 26.8 Å². The number of carbonyl (C=O) groups excluding carboxylic acids is 1. The lowest BCUT2D eigenvalue weighted by Crippen LogP contribution is -2.18. The van der Waals surface area contributed by atoms with Crippen LogP contribution in [0.25, 0.3) is 0 Å². The van der Waals surface area contributed by atoms with Gasteiger partial charge in [0, 0.05) is 11.6 Å². The van der Waals surface area contributed by atoms with Gasteiger partial charge in [0.05, 0.1) is 17.1 Å². The molecule has 106 valence electrons. The lowest BCUT2D eigenvalue weighted by molar-refractivity contribution is 0.101. The van der Waals surface area contributed by atoms with Crippen LogP contribution in [0, 0.1) is 0 Å². The van der Waals surface area contributed by atoms with Crippen molar-refractivity contribution < 1.29 is 4.79 Å². The Morgan fingerprint density at radius 3 is 2.80 bits per heavy atom. The first-order valence-corrected chi connectivity index (χ1v) is 6.86. The van der Waals surface area contributed by atoms with E-state index in [9.17, 15) is 4.79 Å². The molecule has 0 atom stereocenters. The fourth-order valence-corrected chi connectivity index (χ4v) is 2.06. The van der Waals surface area contributed by atoms with Crippen molar-refractivity contribution in [3.05, 3.63) is 40.7 Å². The number of benzene rings is 1. The minimum absolute atomic E-state index is 0.243. The topological polar surface area (TPSA) is 72.9 Å². The van der Waals surface area contributed by atoms with Crippen LogP contribution in [0.15, 0.2) is 24.3 Å². The average Bonchev–Trinajstić information content (AvgIpc) is 2.86. The van der Waals surface area contributed by atoms with Crippen LogP contribution in [0.2, 0.25) is 5.02 Å². The zero-order chi connectivity index (χ0) is 14.7. The number of nitrogen functional groups attached to an aromatic ring is 1. The Morgan fingerprint density at radius 2 is 2.15 bits per heavy atom. The molecule has 0 saturated heterocycles. The molecular weight excluding hydrogens is 276 g/mol. The highest BCUT2D eigenvalue weighted by Crippen LogP contribution is 2.23. The highest BCUT2D eigenvalue weighted by atomic mass is 35.5. The molecule has 1 amide bonds. The predicted octanol–water partition coefficient (Wildman–Crippen LogP) is 2.95. The molecule has 1 aromatic heterocycles. The van der Waals surface area contributed by atoms with Gasteiger partial charge >= 0.3 is 0 Å². The van der Waals surface area contributed by atoms with Crippen LogP contribution in [0.5, 0.6) is 0 Å². The van der Waals surface area contributed by atoms with Gasteiger partial charge < -0.3 is 11.1 Å². The van der Waals surface area contributed by atoms with Gasteiger partial charge in [0.15, 0.2) is 0 Å². The number of hydrogen-bond acceptors (Lipinski definition) is 3. The number of rotatable bonds is 4. The first-order valence-electron chi connectivity index (χ1n) is 6.48. The summed E-state index contributed by atoms with van der Waals surface area (Å²) in [6, 6.07) is 6.76. The third kappa shape index (κ3) is 2.93. The molecule has 0 saturated carbocycles. The van der Waals surface area contributed by atoms with Crippen molar-refractivity contribution in [2.24, 2.45) is 0 Å². The second-order valence-corrected chi connectivity index (χ2v) is 4.81. The van der Waals surface area contributed by atoms with E-state index in [1.165, 1.54) is 0 Å². The smallest absolute Gasteiger partial charge is 0.273 e. The van der Waals surface area contributed by atoms with Crippen molar-refractivity contribution >= 4 is 28.9 Å². The van der Waals surface area contributed by atoms with E-state index >= 15 is 0 Å². The summed E-state index contributed by atoms with van der Waals surface area (Å²) in [5, 5.41) is 7.64. The maximum atomic E-state index is 12.3. The summed E-state index contributed by atoms with van der Waals surface area (Å²) in [5.74, 6) is -0.243. The van der Waals surface area contributed by atoms with E-state index in [0.29, 0.717) is 28.6 Å². The van der Waals surface area contributed by atoms with Crippen molar-refractivity contribution in [1.82, 2.24) is 9.78 Å². The van der Waals surface area contributed by atoms with Crippen LogP contribution < -0.4 is 11.1 Å². The van der Waals surface area contributed by atoms with Gasteiger partial charge in [0.25, 0.3) is 5.91 Å². The number of hydrogen-bond donors (Lipinski definition) is 2. The Hall–Kier alpha value is -2.01. The fourth-order valence-electron chi connectivity index (χ4n) is 1.89. The number of carbonyl (C=O) groups is 1. The Bertz CT molecular complexity index is 636. The Morgan fingerprint density at radius 1 is 1.40 bits per heavy atom. The van der Waals surface area contributed by atoms with Gasteiger partial charge in [0.1, 0.15) is 5.69 Å². The average molecular weight is 293 g/mol. The minimum atomic E-state index is -0.243. The van der Waals surface area contributed by atoms with Crippen LogP contribution in [-0.2, 0) is 13.0 Å². The van der Waals surface area contributed by atoms with Crippen LogP contribution in [-0.4, -0.2) is 15.7 Å². The largest absolute Gasteiger partial charge is 0.397 e. The van der Waals surface area contributed by atoms with Crippen molar-refractivity contribution in [3.8, 4) is 0 Å². The van der Waals surface area contributed by atoms with E-state index in [1.807, 2.05) is 13.8 Å². The molecule has 0 aliphatic heterocycles. The molecule has 2 aromatic rings. The van der Waals surface area contributed by atoms with Crippen LogP contribution in [0.1, 0.15) is 30.0 Å². The molecule has 0 bridgehead atoms. The predicted molar refractivity (Wildman–Crippen MR) is 81.1 cm³/mol. The Kier molecular flexibility index (Phi) is 4.29. The third-order valence-electron chi connectivity index (χ3n) is 2.99. The monoisotopic (exact) mass is 292 g/mol. The summed E-state index contributed by atoms with van der Waals surface area (Å²) in [6.07, 6.45) is 0.784. The first kappa shape index (κ1) is 14.4. The van der Waals surface area contributed by atoms with Crippen LogP contribution >= 0.6 is 11.6 Å². The van der Waals surface area contributed by atoms with Crippen molar-refractivity contribution in [3.63, 3.8) is 0 Å². The number of amides is 1. The second-order valence-electron chi connectivity index (χ2n) is 4.38. The molecule has 0 radical (unpaired) electrons. The van der Waals surface area contributed by atoms with Crippen molar-refractivity contribution in [2.75, 3.05) is 11.1 Å². The number of nitrogens with two attached hydrogens (primary N) is 1. The molecule has 0 fully saturated rings. The maximum absolute atomic E-state index is 12.3. The van der Waals surface area contributed by atoms with Crippen LogP contribution in [0.3, 0.4) is 0 Å². The summed E-state index contributed by atoms with van der Waals surface area (Å²) in [7, 11) is 0.